The Labute approximate surface area is 94.6 Å². The van der Waals surface area contributed by atoms with Gasteiger partial charge in [0.05, 0.1) is 0 Å². The molecule has 78 valence electrons. The minimum absolute atomic E-state index is 0.561. The Hall–Kier alpha value is -1.48. The summed E-state index contributed by atoms with van der Waals surface area (Å²) in [6.07, 6.45) is 3.82. The summed E-state index contributed by atoms with van der Waals surface area (Å²) in [6.45, 7) is 3.73. The number of aliphatic imine (C=N–C) groups is 1. The molecule has 0 aliphatic carbocycles. The Morgan fingerprint density at radius 1 is 1.47 bits per heavy atom. The molecule has 2 N–H and O–H groups in total. The first-order chi connectivity index (χ1) is 7.26. The van der Waals surface area contributed by atoms with E-state index >= 15 is 0 Å². The van der Waals surface area contributed by atoms with E-state index in [0.717, 1.165) is 11.1 Å². The zero-order chi connectivity index (χ0) is 11.1. The molecule has 0 aliphatic rings. The Morgan fingerprint density at radius 3 is 2.87 bits per heavy atom. The Balaban J connectivity index is 2.68. The molecule has 1 rings (SSSR count). The Kier molecular flexibility index (Phi) is 4.71. The van der Waals surface area contributed by atoms with E-state index in [1.165, 1.54) is 11.8 Å². The van der Waals surface area contributed by atoms with Gasteiger partial charge in [0.25, 0.3) is 0 Å². The highest BCUT2D eigenvalue weighted by Crippen LogP contribution is 2.11. The summed E-state index contributed by atoms with van der Waals surface area (Å²) in [5, 5.41) is 2.48. The summed E-state index contributed by atoms with van der Waals surface area (Å²) in [5.41, 5.74) is 7.78. The zero-order valence-corrected chi connectivity index (χ0v) is 9.50. The van der Waals surface area contributed by atoms with Gasteiger partial charge in [0, 0.05) is 7.05 Å². The summed E-state index contributed by atoms with van der Waals surface area (Å²) in [4.78, 5) is 3.84. The van der Waals surface area contributed by atoms with Crippen LogP contribution >= 0.6 is 11.8 Å². The molecule has 0 fully saturated rings. The lowest BCUT2D eigenvalue weighted by atomic mass is 10.1. The third-order valence-corrected chi connectivity index (χ3v) is 2.51. The molecule has 0 radical (unpaired) electrons. The topological polar surface area (TPSA) is 38.4 Å². The quantitative estimate of drug-likeness (QED) is 0.625. The van der Waals surface area contributed by atoms with Crippen molar-refractivity contribution in [3.8, 4) is 0 Å². The van der Waals surface area contributed by atoms with Gasteiger partial charge in [-0.25, -0.2) is 0 Å². The lowest BCUT2D eigenvalue weighted by Gasteiger charge is -1.96. The molecule has 0 heterocycles. The zero-order valence-electron chi connectivity index (χ0n) is 8.68. The lowest BCUT2D eigenvalue weighted by Crippen LogP contribution is -2.03. The number of amidine groups is 1. The van der Waals surface area contributed by atoms with E-state index in [1.807, 2.05) is 35.8 Å². The van der Waals surface area contributed by atoms with Crippen LogP contribution in [0.5, 0.6) is 0 Å². The van der Waals surface area contributed by atoms with Crippen molar-refractivity contribution < 1.29 is 0 Å². The molecule has 0 saturated carbocycles. The molecule has 0 saturated heterocycles. The number of hydrogen-bond acceptors (Lipinski definition) is 2. The normalized spacial score (nSPS) is 11.9. The molecular formula is C12H14N2S. The van der Waals surface area contributed by atoms with E-state index in [2.05, 4.69) is 17.6 Å². The van der Waals surface area contributed by atoms with Crippen molar-refractivity contribution in [3.05, 3.63) is 47.4 Å². The second-order valence-corrected chi connectivity index (χ2v) is 3.78. The molecule has 0 atom stereocenters. The Bertz CT molecular complexity index is 394. The van der Waals surface area contributed by atoms with E-state index in [9.17, 15) is 0 Å². The van der Waals surface area contributed by atoms with Crippen LogP contribution in [0.15, 0.2) is 41.2 Å². The van der Waals surface area contributed by atoms with E-state index in [1.54, 1.807) is 7.05 Å². The van der Waals surface area contributed by atoms with Crippen molar-refractivity contribution in [2.45, 2.75) is 0 Å². The first-order valence-electron chi connectivity index (χ1n) is 4.54. The monoisotopic (exact) mass is 218 g/mol. The molecule has 0 unspecified atom stereocenters. The van der Waals surface area contributed by atoms with Crippen molar-refractivity contribution >= 4 is 29.1 Å². The summed E-state index contributed by atoms with van der Waals surface area (Å²) in [6, 6.07) is 8.10. The van der Waals surface area contributed by atoms with Gasteiger partial charge in [-0.2, -0.15) is 0 Å². The van der Waals surface area contributed by atoms with Gasteiger partial charge in [0.1, 0.15) is 0 Å². The second-order valence-electron chi connectivity index (χ2n) is 2.86. The van der Waals surface area contributed by atoms with Crippen molar-refractivity contribution in [3.63, 3.8) is 0 Å². The number of hydrogen-bond donors (Lipinski definition) is 1. The summed E-state index contributed by atoms with van der Waals surface area (Å²) < 4.78 is 0. The average molecular weight is 218 g/mol. The van der Waals surface area contributed by atoms with Gasteiger partial charge < -0.3 is 5.73 Å². The van der Waals surface area contributed by atoms with Crippen LogP contribution in [0, 0.1) is 0 Å². The number of rotatable bonds is 3. The minimum atomic E-state index is 0.561. The van der Waals surface area contributed by atoms with Crippen molar-refractivity contribution in [1.82, 2.24) is 0 Å². The van der Waals surface area contributed by atoms with Gasteiger partial charge in [-0.15, -0.1) is 0 Å². The van der Waals surface area contributed by atoms with Crippen LogP contribution in [-0.4, -0.2) is 12.2 Å². The van der Waals surface area contributed by atoms with Crippen LogP contribution < -0.4 is 5.73 Å². The molecule has 15 heavy (non-hydrogen) atoms. The first kappa shape index (κ1) is 11.6. The molecule has 0 aliphatic heterocycles. The van der Waals surface area contributed by atoms with Crippen LogP contribution in [0.4, 0.5) is 0 Å². The van der Waals surface area contributed by atoms with Crippen molar-refractivity contribution in [1.29, 1.82) is 0 Å². The molecule has 0 amide bonds. The maximum absolute atomic E-state index is 5.54. The smallest absolute Gasteiger partial charge is 0.157 e. The van der Waals surface area contributed by atoms with Crippen LogP contribution in [0.2, 0.25) is 0 Å². The fourth-order valence-corrected chi connectivity index (χ4v) is 1.49. The summed E-state index contributed by atoms with van der Waals surface area (Å²) >= 11 is 1.41. The first-order valence-corrected chi connectivity index (χ1v) is 5.42. The highest BCUT2D eigenvalue weighted by atomic mass is 32.2. The van der Waals surface area contributed by atoms with Gasteiger partial charge in [-0.3, -0.25) is 4.99 Å². The van der Waals surface area contributed by atoms with Crippen molar-refractivity contribution in [2.75, 3.05) is 7.05 Å². The number of thioether (sulfide) groups is 1. The molecule has 2 nitrogen and oxygen atoms in total. The highest BCUT2D eigenvalue weighted by molar-refractivity contribution is 8.16. The van der Waals surface area contributed by atoms with Gasteiger partial charge in [-0.1, -0.05) is 42.6 Å². The van der Waals surface area contributed by atoms with Crippen LogP contribution in [0.25, 0.3) is 12.2 Å². The van der Waals surface area contributed by atoms with Crippen LogP contribution in [0.3, 0.4) is 0 Å². The molecule has 0 bridgehead atoms. The third-order valence-electron chi connectivity index (χ3n) is 1.82. The van der Waals surface area contributed by atoms with Crippen molar-refractivity contribution in [2.24, 2.45) is 10.7 Å². The Morgan fingerprint density at radius 2 is 2.20 bits per heavy atom. The standard InChI is InChI=1S/C12H14N2S/c1-3-10-5-4-6-11(9-10)7-8-15-12(13)14-2/h3-9H,1H2,2H3,(H2,13,14)/b8-7-. The van der Waals surface area contributed by atoms with Crippen LogP contribution in [0.1, 0.15) is 11.1 Å². The average Bonchev–Trinajstić information content (AvgIpc) is 2.29. The van der Waals surface area contributed by atoms with E-state index in [0.29, 0.717) is 5.17 Å². The number of nitrogens with two attached hydrogens (primary N) is 1. The van der Waals surface area contributed by atoms with Gasteiger partial charge >= 0.3 is 0 Å². The maximum Gasteiger partial charge on any atom is 0.157 e. The van der Waals surface area contributed by atoms with Crippen LogP contribution in [-0.2, 0) is 0 Å². The largest absolute Gasteiger partial charge is 0.378 e. The maximum atomic E-state index is 5.54. The molecule has 1 aromatic rings. The van der Waals surface area contributed by atoms with E-state index < -0.39 is 0 Å². The molecule has 3 heteroatoms. The number of nitrogens with zero attached hydrogens (tertiary/aromatic N) is 1. The molecular weight excluding hydrogens is 204 g/mol. The fraction of sp³-hybridized carbons (Fsp3) is 0.0833. The molecule has 0 aromatic heterocycles. The SMILES string of the molecule is C=Cc1cccc(/C=C\S/C(N)=N\C)c1. The lowest BCUT2D eigenvalue weighted by molar-refractivity contribution is 1.44. The fourth-order valence-electron chi connectivity index (χ4n) is 1.02. The predicted octanol–water partition coefficient (Wildman–Crippen LogP) is 2.98. The molecule has 1 aromatic carbocycles. The summed E-state index contributed by atoms with van der Waals surface area (Å²) in [7, 11) is 1.68. The molecule has 0 spiro atoms. The predicted molar refractivity (Wildman–Crippen MR) is 70.7 cm³/mol. The van der Waals surface area contributed by atoms with Gasteiger partial charge in [0.2, 0.25) is 0 Å². The van der Waals surface area contributed by atoms with E-state index in [4.69, 9.17) is 5.73 Å². The number of benzene rings is 1. The van der Waals surface area contributed by atoms with Gasteiger partial charge in [0.15, 0.2) is 5.17 Å². The second kappa shape index (κ2) is 6.09. The summed E-state index contributed by atoms with van der Waals surface area (Å²) in [5.74, 6) is 0. The van der Waals surface area contributed by atoms with Gasteiger partial charge in [-0.05, 0) is 28.7 Å². The highest BCUT2D eigenvalue weighted by Gasteiger charge is 1.89. The minimum Gasteiger partial charge on any atom is -0.378 e. The third kappa shape index (κ3) is 4.04. The van der Waals surface area contributed by atoms with E-state index in [-0.39, 0.29) is 0 Å².